The van der Waals surface area contributed by atoms with E-state index in [2.05, 4.69) is 57.5 Å². The van der Waals surface area contributed by atoms with Crippen molar-refractivity contribution < 1.29 is 9.90 Å². The summed E-state index contributed by atoms with van der Waals surface area (Å²) in [6, 6.07) is 4.49. The first-order valence-electron chi connectivity index (χ1n) is 11.1. The van der Waals surface area contributed by atoms with Gasteiger partial charge < -0.3 is 26.4 Å². The van der Waals surface area contributed by atoms with Crippen molar-refractivity contribution in [3.63, 3.8) is 0 Å². The van der Waals surface area contributed by atoms with Gasteiger partial charge in [0.05, 0.1) is 6.04 Å². The van der Waals surface area contributed by atoms with Gasteiger partial charge in [0, 0.05) is 44.5 Å². The Morgan fingerprint density at radius 2 is 1.87 bits per heavy atom. The number of aliphatic hydroxyl groups is 1. The van der Waals surface area contributed by atoms with Gasteiger partial charge >= 0.3 is 0 Å². The standard InChI is InChI=1S/C23H31N5O.CH4O/c1-16(12-26-20-9-17-5-3-2-4-6-18(17)10-20)13-27-23(29)19-7-8-25-22(11-19)28-21-14-24-15-21;1-2/h3-8,11,16,20-21,24,26H,2,9-10,12-15H2,1H3,(H,25,28)(H,27,29);2H,1H3. The van der Waals surface area contributed by atoms with Gasteiger partial charge in [-0.15, -0.1) is 0 Å². The first-order valence-corrected chi connectivity index (χ1v) is 11.1. The Morgan fingerprint density at radius 1 is 1.16 bits per heavy atom. The average Bonchev–Trinajstić information content (AvgIpc) is 3.03. The maximum Gasteiger partial charge on any atom is 0.251 e. The van der Waals surface area contributed by atoms with Gasteiger partial charge in [-0.05, 0) is 55.0 Å². The van der Waals surface area contributed by atoms with E-state index in [4.69, 9.17) is 5.11 Å². The number of carbonyl (C=O) groups excluding carboxylic acids is 1. The molecule has 1 aliphatic heterocycles. The van der Waals surface area contributed by atoms with E-state index in [1.807, 2.05) is 6.07 Å². The van der Waals surface area contributed by atoms with E-state index in [1.165, 1.54) is 11.1 Å². The summed E-state index contributed by atoms with van der Waals surface area (Å²) in [5.41, 5.74) is 3.59. The molecule has 1 fully saturated rings. The molecule has 0 bridgehead atoms. The molecular weight excluding hydrogens is 390 g/mol. The van der Waals surface area contributed by atoms with Gasteiger partial charge in [0.15, 0.2) is 0 Å². The summed E-state index contributed by atoms with van der Waals surface area (Å²) in [6.45, 7) is 5.60. The lowest BCUT2D eigenvalue weighted by molar-refractivity contribution is 0.0948. The first kappa shape index (κ1) is 23.2. The average molecular weight is 426 g/mol. The molecule has 4 rings (SSSR count). The van der Waals surface area contributed by atoms with E-state index in [1.54, 1.807) is 12.3 Å². The van der Waals surface area contributed by atoms with E-state index < -0.39 is 0 Å². The molecule has 0 aromatic carbocycles. The van der Waals surface area contributed by atoms with Crippen molar-refractivity contribution in [2.24, 2.45) is 5.92 Å². The molecule has 1 saturated heterocycles. The van der Waals surface area contributed by atoms with Crippen LogP contribution in [0.2, 0.25) is 0 Å². The fourth-order valence-corrected chi connectivity index (χ4v) is 3.92. The lowest BCUT2D eigenvalue weighted by Crippen LogP contribution is -2.51. The Morgan fingerprint density at radius 3 is 2.52 bits per heavy atom. The summed E-state index contributed by atoms with van der Waals surface area (Å²) >= 11 is 0. The summed E-state index contributed by atoms with van der Waals surface area (Å²) in [5.74, 6) is 1.08. The molecule has 1 aromatic heterocycles. The SMILES string of the molecule is CC(CNC(=O)c1ccnc(NC2CNC2)c1)CNC1CC2=C(C=CCC=C2)C1.CO. The number of aliphatic hydroxyl groups excluding tert-OH is 1. The molecular formula is C24H35N5O2. The van der Waals surface area contributed by atoms with Crippen molar-refractivity contribution in [1.82, 2.24) is 20.9 Å². The van der Waals surface area contributed by atoms with Crippen LogP contribution < -0.4 is 21.3 Å². The van der Waals surface area contributed by atoms with Crippen LogP contribution in [0.1, 0.15) is 36.5 Å². The second kappa shape index (κ2) is 11.8. The van der Waals surface area contributed by atoms with Crippen LogP contribution in [0, 0.1) is 5.92 Å². The van der Waals surface area contributed by atoms with Gasteiger partial charge in [-0.3, -0.25) is 4.79 Å². The van der Waals surface area contributed by atoms with Crippen molar-refractivity contribution in [1.29, 1.82) is 0 Å². The Hall–Kier alpha value is -2.48. The maximum atomic E-state index is 12.5. The minimum Gasteiger partial charge on any atom is -0.400 e. The number of nitrogens with zero attached hydrogens (tertiary/aromatic N) is 1. The zero-order valence-corrected chi connectivity index (χ0v) is 18.5. The molecule has 0 saturated carbocycles. The summed E-state index contributed by atoms with van der Waals surface area (Å²) in [5, 5.41) is 20.3. The summed E-state index contributed by atoms with van der Waals surface area (Å²) in [4.78, 5) is 16.8. The highest BCUT2D eigenvalue weighted by Gasteiger charge is 2.22. The third kappa shape index (κ3) is 6.75. The van der Waals surface area contributed by atoms with Crippen molar-refractivity contribution in [3.05, 3.63) is 59.3 Å². The van der Waals surface area contributed by atoms with Crippen LogP contribution in [0.5, 0.6) is 0 Å². The van der Waals surface area contributed by atoms with Crippen LogP contribution in [0.4, 0.5) is 5.82 Å². The van der Waals surface area contributed by atoms with Gasteiger partial charge in [-0.2, -0.15) is 0 Å². The van der Waals surface area contributed by atoms with E-state index in [-0.39, 0.29) is 5.91 Å². The second-order valence-electron chi connectivity index (χ2n) is 8.35. The van der Waals surface area contributed by atoms with E-state index >= 15 is 0 Å². The Labute approximate surface area is 185 Å². The van der Waals surface area contributed by atoms with Crippen LogP contribution in [-0.2, 0) is 0 Å². The van der Waals surface area contributed by atoms with Gasteiger partial charge in [-0.1, -0.05) is 31.2 Å². The predicted octanol–water partition coefficient (Wildman–Crippen LogP) is 2.00. The molecule has 7 heteroatoms. The van der Waals surface area contributed by atoms with Crippen LogP contribution in [0.15, 0.2) is 53.8 Å². The van der Waals surface area contributed by atoms with Crippen molar-refractivity contribution in [3.8, 4) is 0 Å². The highest BCUT2D eigenvalue weighted by atomic mass is 16.2. The number of nitrogens with one attached hydrogen (secondary N) is 4. The lowest BCUT2D eigenvalue weighted by Gasteiger charge is -2.28. The third-order valence-corrected chi connectivity index (χ3v) is 5.78. The smallest absolute Gasteiger partial charge is 0.251 e. The van der Waals surface area contributed by atoms with Gasteiger partial charge in [0.2, 0.25) is 0 Å². The Balaban J connectivity index is 0.00000132. The molecule has 1 aromatic rings. The molecule has 0 spiro atoms. The number of carbonyl (C=O) groups is 1. The molecule has 1 atom stereocenters. The van der Waals surface area contributed by atoms with E-state index in [9.17, 15) is 4.79 Å². The third-order valence-electron chi connectivity index (χ3n) is 5.78. The molecule has 3 aliphatic rings. The van der Waals surface area contributed by atoms with Crippen molar-refractivity contribution >= 4 is 11.7 Å². The summed E-state index contributed by atoms with van der Waals surface area (Å²) in [6.07, 6.45) is 13.9. The minimum atomic E-state index is -0.0430. The number of hydrogen-bond donors (Lipinski definition) is 5. The summed E-state index contributed by atoms with van der Waals surface area (Å²) in [7, 11) is 1.00. The Kier molecular flexibility index (Phi) is 8.82. The number of anilines is 1. The predicted molar refractivity (Wildman–Crippen MR) is 125 cm³/mol. The topological polar surface area (TPSA) is 98.3 Å². The fourth-order valence-electron chi connectivity index (χ4n) is 3.92. The summed E-state index contributed by atoms with van der Waals surface area (Å²) < 4.78 is 0. The van der Waals surface area contributed by atoms with Crippen LogP contribution in [0.25, 0.3) is 0 Å². The Bertz CT molecular complexity index is 805. The van der Waals surface area contributed by atoms with Crippen molar-refractivity contribution in [2.75, 3.05) is 38.6 Å². The van der Waals surface area contributed by atoms with E-state index in [0.717, 1.165) is 51.8 Å². The van der Waals surface area contributed by atoms with Crippen LogP contribution in [-0.4, -0.2) is 61.4 Å². The highest BCUT2D eigenvalue weighted by Crippen LogP contribution is 2.30. The molecule has 1 unspecified atom stereocenters. The number of aromatic nitrogens is 1. The zero-order valence-electron chi connectivity index (χ0n) is 18.5. The number of hydrogen-bond acceptors (Lipinski definition) is 6. The van der Waals surface area contributed by atoms with Crippen LogP contribution in [0.3, 0.4) is 0 Å². The molecule has 1 amide bonds. The monoisotopic (exact) mass is 425 g/mol. The maximum absolute atomic E-state index is 12.5. The number of rotatable bonds is 8. The molecule has 7 nitrogen and oxygen atoms in total. The molecule has 2 heterocycles. The number of amides is 1. The molecule has 2 aliphatic carbocycles. The number of allylic oxidation sites excluding steroid dienone is 4. The quantitative estimate of drug-likeness (QED) is 0.437. The van der Waals surface area contributed by atoms with Crippen LogP contribution >= 0.6 is 0 Å². The van der Waals surface area contributed by atoms with Crippen molar-refractivity contribution in [2.45, 2.75) is 38.3 Å². The molecule has 0 radical (unpaired) electrons. The van der Waals surface area contributed by atoms with Gasteiger partial charge in [0.25, 0.3) is 5.91 Å². The molecule has 5 N–H and O–H groups in total. The largest absolute Gasteiger partial charge is 0.400 e. The second-order valence-corrected chi connectivity index (χ2v) is 8.35. The zero-order chi connectivity index (χ0) is 22.1. The fraction of sp³-hybridized carbons (Fsp3) is 0.500. The molecule has 168 valence electrons. The lowest BCUT2D eigenvalue weighted by atomic mass is 10.1. The van der Waals surface area contributed by atoms with E-state index in [0.29, 0.717) is 30.1 Å². The molecule has 31 heavy (non-hydrogen) atoms. The highest BCUT2D eigenvalue weighted by molar-refractivity contribution is 5.94. The van der Waals surface area contributed by atoms with Gasteiger partial charge in [0.1, 0.15) is 5.82 Å². The van der Waals surface area contributed by atoms with Gasteiger partial charge in [-0.25, -0.2) is 4.98 Å². The first-order chi connectivity index (χ1) is 15.2. The normalized spacial score (nSPS) is 19.1. The minimum absolute atomic E-state index is 0.0430. The number of pyridine rings is 1.